The van der Waals surface area contributed by atoms with Crippen molar-refractivity contribution in [2.45, 2.75) is 38.4 Å². The molecule has 0 amide bonds. The first-order chi connectivity index (χ1) is 13.1. The first kappa shape index (κ1) is 17.8. The number of alkyl halides is 2. The number of benzene rings is 1. The Morgan fingerprint density at radius 1 is 1.19 bits per heavy atom. The fourth-order valence-electron chi connectivity index (χ4n) is 3.80. The Morgan fingerprint density at radius 3 is 2.81 bits per heavy atom. The van der Waals surface area contributed by atoms with Crippen molar-refractivity contribution >= 4 is 10.9 Å². The predicted molar refractivity (Wildman–Crippen MR) is 97.8 cm³/mol. The first-order valence-electron chi connectivity index (χ1n) is 9.12. The van der Waals surface area contributed by atoms with Crippen LogP contribution >= 0.6 is 0 Å². The minimum atomic E-state index is -2.61. The van der Waals surface area contributed by atoms with E-state index in [1.54, 1.807) is 30.5 Å². The number of rotatable bonds is 6. The summed E-state index contributed by atoms with van der Waals surface area (Å²) < 4.78 is 29.4. The summed E-state index contributed by atoms with van der Waals surface area (Å²) in [6, 6.07) is 8.66. The summed E-state index contributed by atoms with van der Waals surface area (Å²) in [5.74, 6) is 0.442. The van der Waals surface area contributed by atoms with Gasteiger partial charge in [0, 0.05) is 18.9 Å². The van der Waals surface area contributed by atoms with Crippen LogP contribution in [-0.2, 0) is 13.1 Å². The smallest absolute Gasteiger partial charge is 0.261 e. The lowest BCUT2D eigenvalue weighted by molar-refractivity contribution is 0.120. The Kier molecular flexibility index (Phi) is 4.98. The van der Waals surface area contributed by atoms with Crippen molar-refractivity contribution < 1.29 is 8.78 Å². The van der Waals surface area contributed by atoms with Crippen molar-refractivity contribution in [1.29, 1.82) is 0 Å². The summed E-state index contributed by atoms with van der Waals surface area (Å²) in [5.41, 5.74) is 0.164. The largest absolute Gasteiger partial charge is 0.292 e. The highest BCUT2D eigenvalue weighted by Gasteiger charge is 2.30. The molecular formula is C19H21F2N5O. The number of hydrogen-bond acceptors (Lipinski definition) is 4. The fourth-order valence-corrected chi connectivity index (χ4v) is 3.80. The van der Waals surface area contributed by atoms with E-state index in [1.807, 2.05) is 16.9 Å². The van der Waals surface area contributed by atoms with Crippen LogP contribution in [0.2, 0.25) is 0 Å². The second kappa shape index (κ2) is 7.56. The van der Waals surface area contributed by atoms with Crippen LogP contribution in [0, 0.1) is 0 Å². The van der Waals surface area contributed by atoms with Gasteiger partial charge < -0.3 is 0 Å². The molecule has 0 aliphatic carbocycles. The number of fused-ring (bicyclic) bond motifs is 1. The summed E-state index contributed by atoms with van der Waals surface area (Å²) in [5, 5.41) is 4.58. The van der Waals surface area contributed by atoms with E-state index in [-0.39, 0.29) is 6.04 Å². The van der Waals surface area contributed by atoms with Gasteiger partial charge in [0.1, 0.15) is 5.82 Å². The lowest BCUT2D eigenvalue weighted by atomic mass is 10.1. The molecule has 2 aromatic heterocycles. The summed E-state index contributed by atoms with van der Waals surface area (Å²) in [6.07, 6.45) is 2.76. The molecule has 8 heteroatoms. The van der Waals surface area contributed by atoms with Gasteiger partial charge >= 0.3 is 0 Å². The van der Waals surface area contributed by atoms with Crippen molar-refractivity contribution in [2.75, 3.05) is 13.1 Å². The molecule has 6 nitrogen and oxygen atoms in total. The molecule has 3 heterocycles. The number of aromatic nitrogens is 4. The Morgan fingerprint density at radius 2 is 2.04 bits per heavy atom. The summed E-state index contributed by atoms with van der Waals surface area (Å²) >= 11 is 0. The average Bonchev–Trinajstić information content (AvgIpc) is 3.33. The number of nitrogens with zero attached hydrogens (tertiary/aromatic N) is 5. The minimum absolute atomic E-state index is 0.142. The van der Waals surface area contributed by atoms with E-state index in [2.05, 4.69) is 15.0 Å². The molecule has 3 aromatic rings. The molecule has 1 unspecified atom stereocenters. The molecule has 1 fully saturated rings. The van der Waals surface area contributed by atoms with Crippen molar-refractivity contribution in [2.24, 2.45) is 0 Å². The van der Waals surface area contributed by atoms with Gasteiger partial charge in [0.05, 0.1) is 30.0 Å². The van der Waals surface area contributed by atoms with Crippen LogP contribution < -0.4 is 5.56 Å². The molecule has 4 rings (SSSR count). The van der Waals surface area contributed by atoms with Crippen LogP contribution in [0.3, 0.4) is 0 Å². The molecule has 1 atom stereocenters. The number of likely N-dealkylation sites (tertiary alicyclic amines) is 1. The van der Waals surface area contributed by atoms with E-state index in [0.717, 1.165) is 25.9 Å². The second-order valence-corrected chi connectivity index (χ2v) is 6.76. The maximum Gasteiger partial charge on any atom is 0.261 e. The lowest BCUT2D eigenvalue weighted by Gasteiger charge is -2.26. The maximum atomic E-state index is 13.2. The van der Waals surface area contributed by atoms with E-state index in [0.29, 0.717) is 23.3 Å². The molecule has 1 aromatic carbocycles. The molecule has 1 saturated heterocycles. The predicted octanol–water partition coefficient (Wildman–Crippen LogP) is 2.70. The van der Waals surface area contributed by atoms with Crippen LogP contribution in [0.4, 0.5) is 8.78 Å². The molecule has 1 aliphatic rings. The molecule has 1 aliphatic heterocycles. The van der Waals surface area contributed by atoms with Gasteiger partial charge in [-0.05, 0) is 37.6 Å². The molecule has 0 spiro atoms. The second-order valence-electron chi connectivity index (χ2n) is 6.76. The normalized spacial score (nSPS) is 18.0. The van der Waals surface area contributed by atoms with Crippen LogP contribution in [0.15, 0.2) is 47.5 Å². The topological polar surface area (TPSA) is 56.0 Å². The standard InChI is InChI=1S/C19H21F2N5O/c20-17(21)13-26-18(23-15-6-2-1-5-14(15)19(26)27)16-7-3-9-24(16)11-12-25-10-4-8-22-25/h1-2,4-6,8,10,16-17H,3,7,9,11-13H2. The number of halogens is 2. The van der Waals surface area contributed by atoms with Gasteiger partial charge in [-0.1, -0.05) is 12.1 Å². The van der Waals surface area contributed by atoms with E-state index in [4.69, 9.17) is 0 Å². The third kappa shape index (κ3) is 3.62. The monoisotopic (exact) mass is 373 g/mol. The van der Waals surface area contributed by atoms with E-state index < -0.39 is 18.5 Å². The zero-order chi connectivity index (χ0) is 18.8. The molecule has 0 radical (unpaired) electrons. The molecule has 142 valence electrons. The molecular weight excluding hydrogens is 352 g/mol. The Hall–Kier alpha value is -2.61. The van der Waals surface area contributed by atoms with Gasteiger partial charge in [-0.2, -0.15) is 5.10 Å². The van der Waals surface area contributed by atoms with Gasteiger partial charge in [-0.25, -0.2) is 13.8 Å². The highest BCUT2D eigenvalue weighted by atomic mass is 19.3. The quantitative estimate of drug-likeness (QED) is 0.667. The molecule has 0 saturated carbocycles. The van der Waals surface area contributed by atoms with Crippen molar-refractivity contribution in [3.63, 3.8) is 0 Å². The van der Waals surface area contributed by atoms with Gasteiger partial charge in [0.25, 0.3) is 12.0 Å². The van der Waals surface area contributed by atoms with E-state index in [1.165, 1.54) is 4.57 Å². The Balaban J connectivity index is 1.71. The van der Waals surface area contributed by atoms with Gasteiger partial charge in [-0.3, -0.25) is 18.9 Å². The maximum absolute atomic E-state index is 13.2. The third-order valence-corrected chi connectivity index (χ3v) is 5.05. The lowest BCUT2D eigenvalue weighted by Crippen LogP contribution is -2.35. The van der Waals surface area contributed by atoms with Crippen molar-refractivity contribution in [3.05, 3.63) is 58.9 Å². The average molecular weight is 373 g/mol. The van der Waals surface area contributed by atoms with Crippen LogP contribution in [0.1, 0.15) is 24.7 Å². The minimum Gasteiger partial charge on any atom is -0.292 e. The SMILES string of the molecule is O=c1c2ccccc2nc(C2CCCN2CCn2cccn2)n1CC(F)F. The third-order valence-electron chi connectivity index (χ3n) is 5.05. The van der Waals surface area contributed by atoms with E-state index in [9.17, 15) is 13.6 Å². The summed E-state index contributed by atoms with van der Waals surface area (Å²) in [6.45, 7) is 1.65. The zero-order valence-corrected chi connectivity index (χ0v) is 14.8. The molecule has 27 heavy (non-hydrogen) atoms. The fraction of sp³-hybridized carbons (Fsp3) is 0.421. The van der Waals surface area contributed by atoms with Crippen molar-refractivity contribution in [3.8, 4) is 0 Å². The van der Waals surface area contributed by atoms with Crippen LogP contribution in [0.25, 0.3) is 10.9 Å². The highest BCUT2D eigenvalue weighted by molar-refractivity contribution is 5.77. The summed E-state index contributed by atoms with van der Waals surface area (Å²) in [7, 11) is 0. The first-order valence-corrected chi connectivity index (χ1v) is 9.12. The number of hydrogen-bond donors (Lipinski definition) is 0. The zero-order valence-electron chi connectivity index (χ0n) is 14.8. The Bertz CT molecular complexity index is 970. The van der Waals surface area contributed by atoms with Gasteiger partial charge in [-0.15, -0.1) is 0 Å². The van der Waals surface area contributed by atoms with Gasteiger partial charge in [0.15, 0.2) is 0 Å². The van der Waals surface area contributed by atoms with Crippen LogP contribution in [0.5, 0.6) is 0 Å². The molecule has 0 N–H and O–H groups in total. The highest BCUT2D eigenvalue weighted by Crippen LogP contribution is 2.31. The van der Waals surface area contributed by atoms with Crippen molar-refractivity contribution in [1.82, 2.24) is 24.2 Å². The Labute approximate surface area is 155 Å². The molecule has 0 bridgehead atoms. The van der Waals surface area contributed by atoms with E-state index >= 15 is 0 Å². The summed E-state index contributed by atoms with van der Waals surface area (Å²) in [4.78, 5) is 19.7. The number of para-hydroxylation sites is 1. The van der Waals surface area contributed by atoms with Gasteiger partial charge in [0.2, 0.25) is 0 Å². The van der Waals surface area contributed by atoms with Crippen LogP contribution in [-0.4, -0.2) is 43.7 Å².